The Morgan fingerprint density at radius 2 is 1.12 bits per heavy atom. The van der Waals surface area contributed by atoms with Gasteiger partial charge in [0.15, 0.2) is 15.6 Å². The molecule has 2 amide bonds. The number of amides is 2. The first-order valence-electron chi connectivity index (χ1n) is 20.3. The van der Waals surface area contributed by atoms with Crippen LogP contribution in [-0.4, -0.2) is 116 Å². The molecule has 0 aliphatic heterocycles. The summed E-state index contributed by atoms with van der Waals surface area (Å²) in [5.74, 6) is -6.79. The molecule has 0 saturated carbocycles. The van der Waals surface area contributed by atoms with Crippen molar-refractivity contribution in [3.8, 4) is 0 Å². The Morgan fingerprint density at radius 1 is 0.589 bits per heavy atom. The summed E-state index contributed by atoms with van der Waals surface area (Å²) in [4.78, 5) is 81.4. The Morgan fingerprint density at radius 3 is 1.64 bits per heavy atom. The van der Waals surface area contributed by atoms with Crippen LogP contribution in [0, 0.1) is 5.92 Å². The van der Waals surface area contributed by atoms with Gasteiger partial charge in [0.2, 0.25) is 11.8 Å². The molecule has 0 aliphatic rings. The Kier molecular flexibility index (Phi) is 31.6. The molecule has 17 heteroatoms. The number of Topliss-reactive ketones (excluding diaryl/α,β-unsaturated/α-hetero) is 2. The van der Waals surface area contributed by atoms with E-state index in [4.69, 9.17) is 19.7 Å². The lowest BCUT2D eigenvalue weighted by Gasteiger charge is -2.14. The molecular formula is C39H68N2O14S. The second-order valence-corrected chi connectivity index (χ2v) is 16.5. The number of carboxylic acids is 3. The third-order valence-corrected chi connectivity index (χ3v) is 10.8. The van der Waals surface area contributed by atoms with Gasteiger partial charge >= 0.3 is 17.9 Å². The van der Waals surface area contributed by atoms with Crippen molar-refractivity contribution in [2.45, 2.75) is 154 Å². The minimum atomic E-state index is -3.60. The molecule has 0 spiro atoms. The number of ether oxygens (including phenoxy) is 2. The lowest BCUT2D eigenvalue weighted by atomic mass is 9.97. The first-order chi connectivity index (χ1) is 26.7. The quantitative estimate of drug-likeness (QED) is 0.0528. The topological polar surface area (TPSA) is 257 Å². The summed E-state index contributed by atoms with van der Waals surface area (Å²) >= 11 is 0. The number of carbonyl (C=O) groups excluding carboxylic acids is 4. The van der Waals surface area contributed by atoms with Crippen LogP contribution in [0.1, 0.15) is 148 Å². The van der Waals surface area contributed by atoms with Gasteiger partial charge in [0.25, 0.3) is 0 Å². The molecule has 0 fully saturated rings. The van der Waals surface area contributed by atoms with Gasteiger partial charge in [0, 0.05) is 38.6 Å². The Bertz CT molecular complexity index is 1270. The molecule has 0 rings (SSSR count). The maximum Gasteiger partial charge on any atom is 0.326 e. The number of nitrogens with one attached hydrogen (secondary N) is 2. The average molecular weight is 821 g/mol. The highest BCUT2D eigenvalue weighted by Crippen LogP contribution is 2.15. The maximum absolute atomic E-state index is 12.3. The summed E-state index contributed by atoms with van der Waals surface area (Å²) in [5.41, 5.74) is 0. The third-order valence-electron chi connectivity index (χ3n) is 9.12. The lowest BCUT2D eigenvalue weighted by molar-refractivity contribution is -0.145. The molecule has 0 radical (unpaired) electrons. The fraction of sp³-hybridized carbons (Fsp3) is 0.821. The van der Waals surface area contributed by atoms with Gasteiger partial charge in [0.1, 0.15) is 24.2 Å². The van der Waals surface area contributed by atoms with Crippen molar-refractivity contribution in [2.24, 2.45) is 5.92 Å². The van der Waals surface area contributed by atoms with Crippen LogP contribution < -0.4 is 10.6 Å². The van der Waals surface area contributed by atoms with Gasteiger partial charge in [-0.2, -0.15) is 0 Å². The van der Waals surface area contributed by atoms with Crippen LogP contribution in [0.2, 0.25) is 0 Å². The minimum Gasteiger partial charge on any atom is -0.481 e. The zero-order valence-corrected chi connectivity index (χ0v) is 34.2. The molecule has 0 aliphatic carbocycles. The van der Waals surface area contributed by atoms with E-state index in [9.17, 15) is 47.1 Å². The van der Waals surface area contributed by atoms with Crippen LogP contribution >= 0.6 is 0 Å². The second-order valence-electron chi connectivity index (χ2n) is 14.3. The molecule has 0 aromatic carbocycles. The first-order valence-corrected chi connectivity index (χ1v) is 22.1. The molecule has 56 heavy (non-hydrogen) atoms. The number of hydrogen-bond acceptors (Lipinski definition) is 11. The van der Waals surface area contributed by atoms with Gasteiger partial charge in [-0.3, -0.25) is 28.8 Å². The zero-order valence-electron chi connectivity index (χ0n) is 33.4. The Labute approximate surface area is 332 Å². The fourth-order valence-electron chi connectivity index (χ4n) is 5.88. The van der Waals surface area contributed by atoms with Gasteiger partial charge in [-0.1, -0.05) is 84.0 Å². The van der Waals surface area contributed by atoms with Crippen molar-refractivity contribution < 1.29 is 66.8 Å². The Balaban J connectivity index is 3.82. The largest absolute Gasteiger partial charge is 0.481 e. The molecule has 5 N–H and O–H groups in total. The molecule has 0 aromatic rings. The standard InChI is InChI=1S/C39H68N2O14S/c1-2-34(39(50)51)41-36(45)22-21-31(38(48)49)28-33(43)29-55-26-25-54-24-23-40-35(44)19-17-27-56(52,53)30-32(42)18-15-13-11-9-7-5-3-4-6-8-10-12-14-16-20-37(46)47/h31,34H,2-30H2,1H3,(H,40,44)(H,41,45)(H,46,47)(H,48,49)(H,50,51)/t31-,34?/m1/s1. The summed E-state index contributed by atoms with van der Waals surface area (Å²) in [6, 6.07) is -1.07. The highest BCUT2D eigenvalue weighted by atomic mass is 32.2. The van der Waals surface area contributed by atoms with Crippen molar-refractivity contribution in [2.75, 3.05) is 44.5 Å². The number of hydrogen-bond donors (Lipinski definition) is 5. The molecule has 0 saturated heterocycles. The van der Waals surface area contributed by atoms with Crippen molar-refractivity contribution in [1.82, 2.24) is 10.6 Å². The fourth-order valence-corrected chi connectivity index (χ4v) is 7.24. The predicted molar refractivity (Wildman–Crippen MR) is 209 cm³/mol. The maximum atomic E-state index is 12.3. The summed E-state index contributed by atoms with van der Waals surface area (Å²) in [6.07, 6.45) is 14.9. The van der Waals surface area contributed by atoms with E-state index >= 15 is 0 Å². The number of aliphatic carboxylic acids is 3. The van der Waals surface area contributed by atoms with E-state index in [-0.39, 0.29) is 102 Å². The molecule has 0 bridgehead atoms. The number of sulfone groups is 1. The number of carbonyl (C=O) groups is 7. The number of carboxylic acid groups (broad SMARTS) is 3. The van der Waals surface area contributed by atoms with E-state index in [0.29, 0.717) is 6.42 Å². The molecule has 16 nitrogen and oxygen atoms in total. The predicted octanol–water partition coefficient (Wildman–Crippen LogP) is 4.65. The van der Waals surface area contributed by atoms with Gasteiger partial charge in [-0.05, 0) is 32.1 Å². The van der Waals surface area contributed by atoms with E-state index in [1.165, 1.54) is 38.5 Å². The van der Waals surface area contributed by atoms with Crippen LogP contribution in [0.5, 0.6) is 0 Å². The Hall–Kier alpha value is -3.44. The van der Waals surface area contributed by atoms with Gasteiger partial charge in [-0.25, -0.2) is 13.2 Å². The molecule has 0 aromatic heterocycles. The highest BCUT2D eigenvalue weighted by Gasteiger charge is 2.24. The zero-order chi connectivity index (χ0) is 42.0. The van der Waals surface area contributed by atoms with Crippen LogP contribution in [0.15, 0.2) is 0 Å². The summed E-state index contributed by atoms with van der Waals surface area (Å²) in [5, 5.41) is 31.9. The van der Waals surface area contributed by atoms with Gasteiger partial charge in [0.05, 0.1) is 31.5 Å². The lowest BCUT2D eigenvalue weighted by Crippen LogP contribution is -2.40. The average Bonchev–Trinajstić information content (AvgIpc) is 3.12. The van der Waals surface area contributed by atoms with Crippen molar-refractivity contribution >= 4 is 51.1 Å². The third kappa shape index (κ3) is 32.8. The number of unbranched alkanes of at least 4 members (excludes halogenated alkanes) is 13. The molecule has 2 atom stereocenters. The normalized spacial score (nSPS) is 12.4. The number of rotatable bonds is 40. The van der Waals surface area contributed by atoms with Crippen LogP contribution in [0.25, 0.3) is 0 Å². The van der Waals surface area contributed by atoms with Crippen molar-refractivity contribution in [3.05, 3.63) is 0 Å². The van der Waals surface area contributed by atoms with Crippen LogP contribution in [-0.2, 0) is 52.9 Å². The van der Waals surface area contributed by atoms with E-state index in [0.717, 1.165) is 44.9 Å². The molecular weight excluding hydrogens is 752 g/mol. The smallest absolute Gasteiger partial charge is 0.326 e. The van der Waals surface area contributed by atoms with Gasteiger partial charge < -0.3 is 35.4 Å². The van der Waals surface area contributed by atoms with Crippen molar-refractivity contribution in [3.63, 3.8) is 0 Å². The SMILES string of the molecule is CCC(NC(=O)CC[C@H](CC(=O)COCCOCCNC(=O)CCCS(=O)(=O)CC(=O)CCCCCCCCCCCCCCCCC(=O)O)C(=O)O)C(=O)O. The van der Waals surface area contributed by atoms with Crippen molar-refractivity contribution in [1.29, 1.82) is 0 Å². The molecule has 324 valence electrons. The molecule has 1 unspecified atom stereocenters. The van der Waals surface area contributed by atoms with Crippen LogP contribution in [0.3, 0.4) is 0 Å². The van der Waals surface area contributed by atoms with E-state index < -0.39 is 57.1 Å². The molecule has 0 heterocycles. The number of ketones is 2. The van der Waals surface area contributed by atoms with E-state index in [2.05, 4.69) is 10.6 Å². The summed E-state index contributed by atoms with van der Waals surface area (Å²) in [6.45, 7) is 1.68. The monoisotopic (exact) mass is 820 g/mol. The minimum absolute atomic E-state index is 0.0154. The second kappa shape index (κ2) is 33.7. The van der Waals surface area contributed by atoms with Crippen LogP contribution in [0.4, 0.5) is 0 Å². The highest BCUT2D eigenvalue weighted by molar-refractivity contribution is 7.92. The van der Waals surface area contributed by atoms with E-state index in [1.54, 1.807) is 6.92 Å². The summed E-state index contributed by atoms with van der Waals surface area (Å²) in [7, 11) is -3.60. The first kappa shape index (κ1) is 52.6. The van der Waals surface area contributed by atoms with Gasteiger partial charge in [-0.15, -0.1) is 0 Å². The van der Waals surface area contributed by atoms with E-state index in [1.807, 2.05) is 0 Å². The summed E-state index contributed by atoms with van der Waals surface area (Å²) < 4.78 is 35.2.